The topological polar surface area (TPSA) is 62.0 Å². The molecule has 0 radical (unpaired) electrons. The highest BCUT2D eigenvalue weighted by molar-refractivity contribution is 7.98. The van der Waals surface area contributed by atoms with E-state index in [9.17, 15) is 8.78 Å². The number of halogens is 2. The van der Waals surface area contributed by atoms with E-state index in [1.165, 1.54) is 6.21 Å². The number of hydrazone groups is 1. The standard InChI is InChI=1S/C14H20F2N4O2S2/c15-13(16)24-10-12-2-1-11(22-12)9-18-19-14(23)17-3-4-20-5-7-21-8-6-20/h1-2,9,13H,3-8,10H2,(H2,17,19,23)/b18-9-. The Bertz CT molecular complexity index is 537. The molecule has 1 aromatic heterocycles. The minimum Gasteiger partial charge on any atom is -0.459 e. The molecule has 1 saturated heterocycles. The second kappa shape index (κ2) is 10.6. The van der Waals surface area contributed by atoms with Crippen molar-refractivity contribution in [1.29, 1.82) is 0 Å². The van der Waals surface area contributed by atoms with Gasteiger partial charge in [-0.1, -0.05) is 11.8 Å². The van der Waals surface area contributed by atoms with Gasteiger partial charge in [0.05, 0.1) is 25.2 Å². The monoisotopic (exact) mass is 378 g/mol. The number of ether oxygens (including phenoxy) is 1. The van der Waals surface area contributed by atoms with Crippen molar-refractivity contribution in [2.24, 2.45) is 5.10 Å². The molecule has 0 saturated carbocycles. The van der Waals surface area contributed by atoms with Crippen molar-refractivity contribution in [3.8, 4) is 0 Å². The van der Waals surface area contributed by atoms with Crippen LogP contribution in [-0.2, 0) is 10.5 Å². The number of thiocarbonyl (C=S) groups is 1. The molecule has 1 aliphatic rings. The van der Waals surface area contributed by atoms with Gasteiger partial charge < -0.3 is 14.5 Å². The number of rotatable bonds is 8. The van der Waals surface area contributed by atoms with Crippen LogP contribution in [0.15, 0.2) is 21.7 Å². The molecule has 24 heavy (non-hydrogen) atoms. The van der Waals surface area contributed by atoms with Crippen LogP contribution in [0.1, 0.15) is 11.5 Å². The molecule has 0 aromatic carbocycles. The molecule has 1 fully saturated rings. The van der Waals surface area contributed by atoms with E-state index < -0.39 is 5.76 Å². The number of hydrogen-bond acceptors (Lipinski definition) is 6. The van der Waals surface area contributed by atoms with Gasteiger partial charge in [0, 0.05) is 26.2 Å². The molecule has 2 heterocycles. The van der Waals surface area contributed by atoms with Gasteiger partial charge in [0.15, 0.2) is 5.11 Å². The smallest absolute Gasteiger partial charge is 0.284 e. The average Bonchev–Trinajstić information content (AvgIpc) is 3.02. The first-order valence-corrected chi connectivity index (χ1v) is 8.94. The predicted octanol–water partition coefficient (Wildman–Crippen LogP) is 1.87. The Hall–Kier alpha value is -1.23. The summed E-state index contributed by atoms with van der Waals surface area (Å²) in [6, 6.07) is 3.32. The van der Waals surface area contributed by atoms with Crippen molar-refractivity contribution < 1.29 is 17.9 Å². The van der Waals surface area contributed by atoms with Crippen molar-refractivity contribution >= 4 is 35.3 Å². The highest BCUT2D eigenvalue weighted by atomic mass is 32.2. The fourth-order valence-electron chi connectivity index (χ4n) is 2.03. The summed E-state index contributed by atoms with van der Waals surface area (Å²) < 4.78 is 34.8. The van der Waals surface area contributed by atoms with Crippen LogP contribution in [0.5, 0.6) is 0 Å². The van der Waals surface area contributed by atoms with Gasteiger partial charge in [-0.3, -0.25) is 10.3 Å². The number of morpholine rings is 1. The molecule has 0 spiro atoms. The number of nitrogens with zero attached hydrogens (tertiary/aromatic N) is 2. The Balaban J connectivity index is 1.61. The van der Waals surface area contributed by atoms with E-state index in [0.29, 0.717) is 28.4 Å². The second-order valence-corrected chi connectivity index (χ2v) is 6.34. The van der Waals surface area contributed by atoms with Crippen molar-refractivity contribution in [1.82, 2.24) is 15.6 Å². The maximum absolute atomic E-state index is 12.1. The molecule has 1 aliphatic heterocycles. The lowest BCUT2D eigenvalue weighted by Crippen LogP contribution is -2.42. The van der Waals surface area contributed by atoms with Crippen LogP contribution in [0.4, 0.5) is 8.78 Å². The Morgan fingerprint density at radius 2 is 2.21 bits per heavy atom. The summed E-state index contributed by atoms with van der Waals surface area (Å²) in [5.41, 5.74) is 2.69. The van der Waals surface area contributed by atoms with Crippen LogP contribution >= 0.6 is 24.0 Å². The molecule has 2 rings (SSSR count). The summed E-state index contributed by atoms with van der Waals surface area (Å²) in [4.78, 5) is 2.30. The zero-order valence-electron chi connectivity index (χ0n) is 13.0. The fraction of sp³-hybridized carbons (Fsp3) is 0.571. The first-order valence-electron chi connectivity index (χ1n) is 7.49. The zero-order valence-corrected chi connectivity index (χ0v) is 14.7. The molecule has 6 nitrogen and oxygen atoms in total. The Labute approximate surface area is 149 Å². The predicted molar refractivity (Wildman–Crippen MR) is 94.6 cm³/mol. The van der Waals surface area contributed by atoms with Gasteiger partial charge in [0.2, 0.25) is 0 Å². The highest BCUT2D eigenvalue weighted by Gasteiger charge is 2.09. The molecular formula is C14H20F2N4O2S2. The van der Waals surface area contributed by atoms with Gasteiger partial charge in [-0.25, -0.2) is 0 Å². The molecule has 0 bridgehead atoms. The third-order valence-corrected chi connectivity index (χ3v) is 4.15. The van der Waals surface area contributed by atoms with E-state index in [1.54, 1.807) is 12.1 Å². The van der Waals surface area contributed by atoms with Crippen LogP contribution in [0.3, 0.4) is 0 Å². The maximum atomic E-state index is 12.1. The van der Waals surface area contributed by atoms with E-state index in [1.807, 2.05) is 0 Å². The van der Waals surface area contributed by atoms with Crippen molar-refractivity contribution in [3.63, 3.8) is 0 Å². The van der Waals surface area contributed by atoms with Crippen molar-refractivity contribution in [3.05, 3.63) is 23.7 Å². The molecule has 0 amide bonds. The number of furan rings is 1. The highest BCUT2D eigenvalue weighted by Crippen LogP contribution is 2.20. The van der Waals surface area contributed by atoms with E-state index in [0.717, 1.165) is 39.4 Å². The van der Waals surface area contributed by atoms with Crippen LogP contribution in [-0.4, -0.2) is 61.4 Å². The van der Waals surface area contributed by atoms with Crippen molar-refractivity contribution in [2.75, 3.05) is 39.4 Å². The van der Waals surface area contributed by atoms with E-state index >= 15 is 0 Å². The van der Waals surface area contributed by atoms with E-state index in [-0.39, 0.29) is 5.75 Å². The number of nitrogens with one attached hydrogen (secondary N) is 2. The maximum Gasteiger partial charge on any atom is 0.284 e. The first-order chi connectivity index (χ1) is 11.6. The Kier molecular flexibility index (Phi) is 8.43. The quantitative estimate of drug-likeness (QED) is 0.407. The van der Waals surface area contributed by atoms with Gasteiger partial charge >= 0.3 is 0 Å². The molecule has 1 aromatic rings. The third-order valence-electron chi connectivity index (χ3n) is 3.21. The normalized spacial score (nSPS) is 16.0. The van der Waals surface area contributed by atoms with Gasteiger partial charge in [-0.05, 0) is 24.4 Å². The van der Waals surface area contributed by atoms with Crippen LogP contribution in [0, 0.1) is 0 Å². The van der Waals surface area contributed by atoms with E-state index in [4.69, 9.17) is 21.4 Å². The number of alkyl halides is 2. The summed E-state index contributed by atoms with van der Waals surface area (Å²) >= 11 is 5.63. The zero-order chi connectivity index (χ0) is 17.2. The molecule has 10 heteroatoms. The van der Waals surface area contributed by atoms with Crippen LogP contribution in [0.2, 0.25) is 0 Å². The summed E-state index contributed by atoms with van der Waals surface area (Å²) in [6.07, 6.45) is 1.45. The Morgan fingerprint density at radius 1 is 1.42 bits per heavy atom. The van der Waals surface area contributed by atoms with Gasteiger partial charge in [0.25, 0.3) is 5.76 Å². The van der Waals surface area contributed by atoms with Gasteiger partial charge in [-0.15, -0.1) is 0 Å². The van der Waals surface area contributed by atoms with E-state index in [2.05, 4.69) is 20.7 Å². The summed E-state index contributed by atoms with van der Waals surface area (Å²) in [5, 5.41) is 7.43. The summed E-state index contributed by atoms with van der Waals surface area (Å²) in [7, 11) is 0. The Morgan fingerprint density at radius 3 is 2.96 bits per heavy atom. The summed E-state index contributed by atoms with van der Waals surface area (Å²) in [5.74, 6) is -1.33. The molecule has 0 atom stereocenters. The molecule has 0 unspecified atom stereocenters. The van der Waals surface area contributed by atoms with Gasteiger partial charge in [-0.2, -0.15) is 13.9 Å². The third kappa shape index (κ3) is 7.56. The molecule has 2 N–H and O–H groups in total. The first kappa shape index (κ1) is 19.1. The molecule has 134 valence electrons. The second-order valence-electron chi connectivity index (χ2n) is 4.96. The van der Waals surface area contributed by atoms with Crippen LogP contribution in [0.25, 0.3) is 0 Å². The molecular weight excluding hydrogens is 358 g/mol. The van der Waals surface area contributed by atoms with Crippen LogP contribution < -0.4 is 10.7 Å². The van der Waals surface area contributed by atoms with Crippen molar-refractivity contribution in [2.45, 2.75) is 11.5 Å². The number of thioether (sulfide) groups is 1. The number of hydrogen-bond donors (Lipinski definition) is 2. The lowest BCUT2D eigenvalue weighted by molar-refractivity contribution is 0.0389. The minimum atomic E-state index is -2.41. The molecule has 0 aliphatic carbocycles. The average molecular weight is 378 g/mol. The largest absolute Gasteiger partial charge is 0.459 e. The summed E-state index contributed by atoms with van der Waals surface area (Å²) in [6.45, 7) is 5.02. The lowest BCUT2D eigenvalue weighted by atomic mass is 10.4. The fourth-order valence-corrected chi connectivity index (χ4v) is 2.63. The lowest BCUT2D eigenvalue weighted by Gasteiger charge is -2.26. The van der Waals surface area contributed by atoms with Gasteiger partial charge in [0.1, 0.15) is 11.5 Å². The SMILES string of the molecule is FC(F)SCc1ccc(/C=N\NC(=S)NCCN2CCOCC2)o1. The minimum absolute atomic E-state index is 0.125.